The van der Waals surface area contributed by atoms with Crippen molar-refractivity contribution in [3.8, 4) is 0 Å². The van der Waals surface area contributed by atoms with Crippen molar-refractivity contribution >= 4 is 23.1 Å². The van der Waals surface area contributed by atoms with E-state index in [0.29, 0.717) is 0 Å². The Labute approximate surface area is 84.6 Å². The molecule has 2 N–H and O–H groups in total. The fraction of sp³-hybridized carbons (Fsp3) is 0.250. The monoisotopic (exact) mass is 211 g/mol. The second-order valence-electron chi connectivity index (χ2n) is 2.72. The summed E-state index contributed by atoms with van der Waals surface area (Å²) in [6.07, 6.45) is 2.59. The Morgan fingerprint density at radius 2 is 2.46 bits per heavy atom. The van der Waals surface area contributed by atoms with Crippen LogP contribution in [0.5, 0.6) is 0 Å². The Kier molecular flexibility index (Phi) is 2.68. The highest BCUT2D eigenvalue weighted by molar-refractivity contribution is 7.09. The van der Waals surface area contributed by atoms with Gasteiger partial charge in [0.2, 0.25) is 0 Å². The number of nitrogens with zero attached hydrogens (tertiary/aromatic N) is 2. The highest BCUT2D eigenvalue weighted by Crippen LogP contribution is 2.17. The molecule has 1 unspecified atom stereocenters. The van der Waals surface area contributed by atoms with Gasteiger partial charge in [0.05, 0.1) is 29.7 Å². The van der Waals surface area contributed by atoms with Crippen molar-refractivity contribution in [1.82, 2.24) is 8.75 Å². The quantitative estimate of drug-likeness (QED) is 0.842. The normalized spacial score (nSPS) is 13.0. The highest BCUT2D eigenvalue weighted by Gasteiger charge is 2.09. The summed E-state index contributed by atoms with van der Waals surface area (Å²) in [6.45, 7) is 0. The number of thiophene rings is 1. The second-order valence-corrected chi connectivity index (χ2v) is 4.31. The van der Waals surface area contributed by atoms with E-state index in [1.54, 1.807) is 17.5 Å². The third-order valence-corrected chi connectivity index (χ3v) is 3.15. The minimum absolute atomic E-state index is 0.0163. The molecule has 2 heterocycles. The van der Waals surface area contributed by atoms with Crippen LogP contribution in [0.4, 0.5) is 0 Å². The molecule has 0 aliphatic carbocycles. The number of rotatable bonds is 3. The van der Waals surface area contributed by atoms with Gasteiger partial charge >= 0.3 is 0 Å². The van der Waals surface area contributed by atoms with E-state index >= 15 is 0 Å². The molecule has 0 aromatic carbocycles. The van der Waals surface area contributed by atoms with E-state index in [4.69, 9.17) is 5.73 Å². The summed E-state index contributed by atoms with van der Waals surface area (Å²) in [5.74, 6) is 0. The van der Waals surface area contributed by atoms with Crippen molar-refractivity contribution in [3.05, 3.63) is 34.3 Å². The second kappa shape index (κ2) is 3.95. The smallest absolute Gasteiger partial charge is 0.0913 e. The largest absolute Gasteiger partial charge is 0.322 e. The Balaban J connectivity index is 2.04. The lowest BCUT2D eigenvalue weighted by Crippen LogP contribution is -2.12. The SMILES string of the molecule is NC(Cc1cccs1)c1cnsn1. The highest BCUT2D eigenvalue weighted by atomic mass is 32.1. The minimum atomic E-state index is -0.0163. The molecule has 0 saturated heterocycles. The average molecular weight is 211 g/mol. The first-order valence-electron chi connectivity index (χ1n) is 3.91. The van der Waals surface area contributed by atoms with Crippen molar-refractivity contribution in [2.75, 3.05) is 0 Å². The van der Waals surface area contributed by atoms with Crippen LogP contribution in [0, 0.1) is 0 Å². The predicted octanol–water partition coefficient (Wildman–Crippen LogP) is 1.84. The maximum atomic E-state index is 5.94. The molecule has 0 saturated carbocycles. The topological polar surface area (TPSA) is 51.8 Å². The summed E-state index contributed by atoms with van der Waals surface area (Å²) in [6, 6.07) is 4.11. The zero-order valence-electron chi connectivity index (χ0n) is 6.88. The van der Waals surface area contributed by atoms with Crippen LogP contribution in [-0.4, -0.2) is 8.75 Å². The maximum Gasteiger partial charge on any atom is 0.0913 e. The van der Waals surface area contributed by atoms with E-state index in [1.165, 1.54) is 16.6 Å². The molecule has 0 amide bonds. The Morgan fingerprint density at radius 1 is 1.54 bits per heavy atom. The zero-order valence-corrected chi connectivity index (χ0v) is 8.52. The minimum Gasteiger partial charge on any atom is -0.322 e. The molecule has 2 rings (SSSR count). The van der Waals surface area contributed by atoms with Crippen LogP contribution in [0.15, 0.2) is 23.7 Å². The molecule has 0 radical (unpaired) electrons. The van der Waals surface area contributed by atoms with Crippen LogP contribution in [0.3, 0.4) is 0 Å². The first kappa shape index (κ1) is 8.80. The third-order valence-electron chi connectivity index (χ3n) is 1.76. The van der Waals surface area contributed by atoms with Gasteiger partial charge in [0.25, 0.3) is 0 Å². The van der Waals surface area contributed by atoms with Gasteiger partial charge in [0.15, 0.2) is 0 Å². The van der Waals surface area contributed by atoms with E-state index in [2.05, 4.69) is 20.2 Å². The predicted molar refractivity (Wildman–Crippen MR) is 54.9 cm³/mol. The molecular formula is C8H9N3S2. The fourth-order valence-corrected chi connectivity index (χ4v) is 2.33. The number of aromatic nitrogens is 2. The molecule has 2 aromatic heterocycles. The summed E-state index contributed by atoms with van der Waals surface area (Å²) in [5.41, 5.74) is 6.83. The van der Waals surface area contributed by atoms with Gasteiger partial charge in [-0.2, -0.15) is 8.75 Å². The summed E-state index contributed by atoms with van der Waals surface area (Å²) < 4.78 is 8.03. The molecule has 0 fully saturated rings. The molecule has 5 heteroatoms. The van der Waals surface area contributed by atoms with Gasteiger partial charge in [-0.05, 0) is 11.4 Å². The molecule has 0 aliphatic heterocycles. The van der Waals surface area contributed by atoms with Crippen LogP contribution < -0.4 is 5.73 Å². The van der Waals surface area contributed by atoms with Crippen LogP contribution in [0.2, 0.25) is 0 Å². The standard InChI is InChI=1S/C8H9N3S2/c9-7(8-5-10-13-11-8)4-6-2-1-3-12-6/h1-3,5,7H,4,9H2. The lowest BCUT2D eigenvalue weighted by Gasteiger charge is -2.04. The van der Waals surface area contributed by atoms with Gasteiger partial charge in [-0.15, -0.1) is 11.3 Å². The van der Waals surface area contributed by atoms with Gasteiger partial charge in [-0.1, -0.05) is 6.07 Å². The summed E-state index contributed by atoms with van der Waals surface area (Å²) in [5, 5.41) is 2.06. The van der Waals surface area contributed by atoms with Crippen LogP contribution in [0.1, 0.15) is 16.6 Å². The number of nitrogens with two attached hydrogens (primary N) is 1. The molecule has 2 aromatic rings. The van der Waals surface area contributed by atoms with Crippen LogP contribution >= 0.6 is 23.1 Å². The van der Waals surface area contributed by atoms with Crippen molar-refractivity contribution in [2.24, 2.45) is 5.73 Å². The number of hydrogen-bond donors (Lipinski definition) is 1. The van der Waals surface area contributed by atoms with Crippen molar-refractivity contribution in [2.45, 2.75) is 12.5 Å². The zero-order chi connectivity index (χ0) is 9.10. The summed E-state index contributed by atoms with van der Waals surface area (Å²) >= 11 is 2.93. The summed E-state index contributed by atoms with van der Waals surface area (Å²) in [7, 11) is 0. The van der Waals surface area contributed by atoms with Gasteiger partial charge in [0.1, 0.15) is 0 Å². The van der Waals surface area contributed by atoms with Crippen molar-refractivity contribution < 1.29 is 0 Å². The molecule has 13 heavy (non-hydrogen) atoms. The molecule has 68 valence electrons. The van der Waals surface area contributed by atoms with Crippen molar-refractivity contribution in [3.63, 3.8) is 0 Å². The molecule has 3 nitrogen and oxygen atoms in total. The van der Waals surface area contributed by atoms with Gasteiger partial charge in [0, 0.05) is 11.3 Å². The molecule has 0 aliphatic rings. The Hall–Kier alpha value is -0.780. The summed E-state index contributed by atoms with van der Waals surface area (Å²) in [4.78, 5) is 1.29. The van der Waals surface area contributed by atoms with Gasteiger partial charge in [-0.25, -0.2) is 0 Å². The van der Waals surface area contributed by atoms with E-state index in [1.807, 2.05) is 6.07 Å². The van der Waals surface area contributed by atoms with E-state index < -0.39 is 0 Å². The van der Waals surface area contributed by atoms with Gasteiger partial charge in [-0.3, -0.25) is 0 Å². The molecule has 1 atom stereocenters. The van der Waals surface area contributed by atoms with E-state index in [0.717, 1.165) is 12.1 Å². The lowest BCUT2D eigenvalue weighted by atomic mass is 10.1. The van der Waals surface area contributed by atoms with E-state index in [-0.39, 0.29) is 6.04 Å². The molecule has 0 bridgehead atoms. The van der Waals surface area contributed by atoms with E-state index in [9.17, 15) is 0 Å². The average Bonchev–Trinajstić information content (AvgIpc) is 2.74. The van der Waals surface area contributed by atoms with Crippen molar-refractivity contribution in [1.29, 1.82) is 0 Å². The third kappa shape index (κ3) is 2.12. The van der Waals surface area contributed by atoms with Gasteiger partial charge < -0.3 is 5.73 Å². The van der Waals surface area contributed by atoms with Crippen LogP contribution in [-0.2, 0) is 6.42 Å². The van der Waals surface area contributed by atoms with Crippen LogP contribution in [0.25, 0.3) is 0 Å². The first-order chi connectivity index (χ1) is 6.36. The Morgan fingerprint density at radius 3 is 3.08 bits per heavy atom. The Bertz CT molecular complexity index is 341. The molecular weight excluding hydrogens is 202 g/mol. The fourth-order valence-electron chi connectivity index (χ4n) is 1.09. The lowest BCUT2D eigenvalue weighted by molar-refractivity contribution is 0.712. The molecule has 0 spiro atoms. The first-order valence-corrected chi connectivity index (χ1v) is 5.52. The maximum absolute atomic E-state index is 5.94. The number of hydrogen-bond acceptors (Lipinski definition) is 5.